The maximum atomic E-state index is 13.5. The number of nitrogens with zero attached hydrogens (tertiary/aromatic N) is 3. The van der Waals surface area contributed by atoms with Crippen LogP contribution in [0.4, 0.5) is 0 Å². The summed E-state index contributed by atoms with van der Waals surface area (Å²) in [7, 11) is 4.23. The van der Waals surface area contributed by atoms with Gasteiger partial charge in [0.15, 0.2) is 0 Å². The van der Waals surface area contributed by atoms with Gasteiger partial charge in [-0.05, 0) is 100 Å². The molecule has 5 fully saturated rings. The second-order valence-corrected chi connectivity index (χ2v) is 13.7. The number of hydrogen-bond acceptors (Lipinski definition) is 3. The Bertz CT molecular complexity index is 902. The Morgan fingerprint density at radius 1 is 0.971 bits per heavy atom. The van der Waals surface area contributed by atoms with E-state index in [-0.39, 0.29) is 11.3 Å². The fourth-order valence-corrected chi connectivity index (χ4v) is 10.2. The van der Waals surface area contributed by atoms with E-state index in [1.165, 1.54) is 51.5 Å². The first kappa shape index (κ1) is 23.1. The van der Waals surface area contributed by atoms with Gasteiger partial charge in [0.1, 0.15) is 0 Å². The van der Waals surface area contributed by atoms with Gasteiger partial charge in [-0.25, -0.2) is 0 Å². The van der Waals surface area contributed by atoms with E-state index in [9.17, 15) is 9.59 Å². The molecule has 2 amide bonds. The first-order valence-corrected chi connectivity index (χ1v) is 14.1. The van der Waals surface area contributed by atoms with E-state index in [4.69, 9.17) is 0 Å². The molecule has 188 valence electrons. The number of fused-ring (bicyclic) bond motifs is 5. The van der Waals surface area contributed by atoms with Crippen LogP contribution in [-0.4, -0.2) is 72.8 Å². The molecular weight excluding hydrogens is 422 g/mol. The molecule has 3 aliphatic carbocycles. The van der Waals surface area contributed by atoms with Crippen LogP contribution in [0.25, 0.3) is 0 Å². The smallest absolute Gasteiger partial charge is 0.246 e. The van der Waals surface area contributed by atoms with Gasteiger partial charge in [0.25, 0.3) is 0 Å². The van der Waals surface area contributed by atoms with Crippen LogP contribution >= 0.6 is 0 Å². The largest absolute Gasteiger partial charge is 0.342 e. The Labute approximate surface area is 206 Å². The molecule has 8 atom stereocenters. The average Bonchev–Trinajstić information content (AvgIpc) is 3.48. The average molecular weight is 468 g/mol. The third-order valence-electron chi connectivity index (χ3n) is 12.2. The van der Waals surface area contributed by atoms with Gasteiger partial charge in [-0.2, -0.15) is 0 Å². The summed E-state index contributed by atoms with van der Waals surface area (Å²) in [4.78, 5) is 32.5. The quantitative estimate of drug-likeness (QED) is 0.612. The fraction of sp³-hybridized carbons (Fsp3) is 0.862. The van der Waals surface area contributed by atoms with Crippen molar-refractivity contribution in [2.24, 2.45) is 39.9 Å². The van der Waals surface area contributed by atoms with Crippen LogP contribution in [0.1, 0.15) is 71.6 Å². The van der Waals surface area contributed by atoms with Gasteiger partial charge in [-0.15, -0.1) is 0 Å². The molecule has 0 aromatic rings. The molecule has 2 saturated heterocycles. The molecule has 0 aromatic heterocycles. The highest BCUT2D eigenvalue weighted by Crippen LogP contribution is 2.66. The minimum Gasteiger partial charge on any atom is -0.342 e. The van der Waals surface area contributed by atoms with Gasteiger partial charge < -0.3 is 14.7 Å². The van der Waals surface area contributed by atoms with Crippen LogP contribution in [-0.2, 0) is 9.59 Å². The molecular formula is C29H45N3O2. The number of carbonyl (C=O) groups is 2. The molecule has 5 heteroatoms. The molecule has 3 saturated carbocycles. The van der Waals surface area contributed by atoms with Crippen LogP contribution < -0.4 is 0 Å². The van der Waals surface area contributed by atoms with E-state index in [2.05, 4.69) is 36.8 Å². The van der Waals surface area contributed by atoms with Gasteiger partial charge in [-0.3, -0.25) is 9.59 Å². The van der Waals surface area contributed by atoms with Crippen molar-refractivity contribution in [3.63, 3.8) is 0 Å². The summed E-state index contributed by atoms with van der Waals surface area (Å²) in [6, 6.07) is 0.353. The molecule has 0 N–H and O–H groups in total. The summed E-state index contributed by atoms with van der Waals surface area (Å²) in [5.41, 5.74) is 0.797. The number of likely N-dealkylation sites (tertiary alicyclic amines) is 2. The third kappa shape index (κ3) is 3.28. The van der Waals surface area contributed by atoms with Crippen LogP contribution in [0.2, 0.25) is 0 Å². The maximum Gasteiger partial charge on any atom is 0.246 e. The van der Waals surface area contributed by atoms with Crippen molar-refractivity contribution in [3.8, 4) is 0 Å². The van der Waals surface area contributed by atoms with Gasteiger partial charge >= 0.3 is 0 Å². The molecule has 0 bridgehead atoms. The highest BCUT2D eigenvalue weighted by atomic mass is 16.2. The van der Waals surface area contributed by atoms with Crippen LogP contribution in [0, 0.1) is 39.9 Å². The summed E-state index contributed by atoms with van der Waals surface area (Å²) in [6.45, 7) is 9.28. The van der Waals surface area contributed by atoms with Crippen LogP contribution in [0.5, 0.6) is 0 Å². The Balaban J connectivity index is 1.15. The number of likely N-dealkylation sites (N-methyl/N-ethyl adjacent to an activating group) is 1. The zero-order valence-electron chi connectivity index (χ0n) is 21.9. The Morgan fingerprint density at radius 3 is 2.53 bits per heavy atom. The SMILES string of the molecule is CN1CCC2(CCN(C(=O)C[C@H]3CC[C@H]4[C@@H]5CC[C@H]6N(C)C(=O)C=C[C@]6(C)[C@H]5CC[C@]34C)C2)C1. The van der Waals surface area contributed by atoms with E-state index in [1.54, 1.807) is 0 Å². The summed E-state index contributed by atoms with van der Waals surface area (Å²) in [5.74, 6) is 3.32. The van der Waals surface area contributed by atoms with Crippen molar-refractivity contribution in [1.29, 1.82) is 0 Å². The number of hydrogen-bond donors (Lipinski definition) is 0. The predicted octanol–water partition coefficient (Wildman–Crippen LogP) is 4.19. The lowest BCUT2D eigenvalue weighted by molar-refractivity contribution is -0.139. The fourth-order valence-electron chi connectivity index (χ4n) is 10.2. The molecule has 5 nitrogen and oxygen atoms in total. The lowest BCUT2D eigenvalue weighted by Crippen LogP contribution is -2.59. The minimum atomic E-state index is 0.110. The Hall–Kier alpha value is -1.36. The molecule has 6 aliphatic rings. The van der Waals surface area contributed by atoms with Crippen molar-refractivity contribution >= 4 is 11.8 Å². The molecule has 3 heterocycles. The summed E-state index contributed by atoms with van der Waals surface area (Å²) in [6.07, 6.45) is 14.7. The lowest BCUT2D eigenvalue weighted by atomic mass is 9.47. The van der Waals surface area contributed by atoms with Crippen LogP contribution in [0.15, 0.2) is 12.2 Å². The van der Waals surface area contributed by atoms with E-state index in [0.717, 1.165) is 44.3 Å². The maximum absolute atomic E-state index is 13.5. The van der Waals surface area contributed by atoms with Crippen molar-refractivity contribution in [2.45, 2.75) is 77.7 Å². The second kappa shape index (κ2) is 7.82. The zero-order chi connectivity index (χ0) is 23.9. The second-order valence-electron chi connectivity index (χ2n) is 13.7. The summed E-state index contributed by atoms with van der Waals surface area (Å²) >= 11 is 0. The number of rotatable bonds is 2. The van der Waals surface area contributed by atoms with Crippen LogP contribution in [0.3, 0.4) is 0 Å². The first-order valence-electron chi connectivity index (χ1n) is 14.1. The van der Waals surface area contributed by atoms with E-state index in [1.807, 2.05) is 18.0 Å². The van der Waals surface area contributed by atoms with Gasteiger partial charge in [-0.1, -0.05) is 19.9 Å². The van der Waals surface area contributed by atoms with Gasteiger partial charge in [0.05, 0.1) is 0 Å². The standard InChI is InChI=1S/C29H45N3O2/c1-27-11-9-23-21(6-8-24-28(23,2)12-10-25(33)31(24)4)22(27)7-5-20(27)17-26(34)32-16-14-29(19-32)13-15-30(3)18-29/h10,12,20-24H,5-9,11,13-19H2,1-4H3/t20-,21+,22+,23+,24-,27-,28-,29?/m1/s1. The zero-order valence-corrected chi connectivity index (χ0v) is 21.9. The van der Waals surface area contributed by atoms with E-state index in [0.29, 0.717) is 34.6 Å². The molecule has 0 radical (unpaired) electrons. The van der Waals surface area contributed by atoms with Crippen molar-refractivity contribution in [3.05, 3.63) is 12.2 Å². The number of amides is 2. The Morgan fingerprint density at radius 2 is 1.76 bits per heavy atom. The van der Waals surface area contributed by atoms with Crippen molar-refractivity contribution in [1.82, 2.24) is 14.7 Å². The normalized spacial score (nSPS) is 48.4. The van der Waals surface area contributed by atoms with Gasteiger partial charge in [0.2, 0.25) is 11.8 Å². The predicted molar refractivity (Wildman–Crippen MR) is 134 cm³/mol. The minimum absolute atomic E-state index is 0.110. The van der Waals surface area contributed by atoms with Crippen molar-refractivity contribution < 1.29 is 9.59 Å². The first-order chi connectivity index (χ1) is 16.2. The lowest BCUT2D eigenvalue weighted by Gasteiger charge is -2.60. The molecule has 6 rings (SSSR count). The summed E-state index contributed by atoms with van der Waals surface area (Å²) < 4.78 is 0. The highest BCUT2D eigenvalue weighted by molar-refractivity contribution is 5.89. The molecule has 3 aliphatic heterocycles. The van der Waals surface area contributed by atoms with Crippen molar-refractivity contribution in [2.75, 3.05) is 40.3 Å². The molecule has 0 aromatic carbocycles. The molecule has 1 spiro atoms. The monoisotopic (exact) mass is 467 g/mol. The molecule has 34 heavy (non-hydrogen) atoms. The topological polar surface area (TPSA) is 43.9 Å². The third-order valence-corrected chi connectivity index (χ3v) is 12.2. The van der Waals surface area contributed by atoms with Gasteiger partial charge in [0, 0.05) is 50.0 Å². The Kier molecular flexibility index (Phi) is 5.30. The number of carbonyl (C=O) groups excluding carboxylic acids is 2. The van der Waals surface area contributed by atoms with E-state index < -0.39 is 0 Å². The summed E-state index contributed by atoms with van der Waals surface area (Å²) in [5, 5.41) is 0. The highest BCUT2D eigenvalue weighted by Gasteiger charge is 2.60. The van der Waals surface area contributed by atoms with E-state index >= 15 is 0 Å². The molecule has 1 unspecified atom stereocenters.